The van der Waals surface area contributed by atoms with E-state index in [1.807, 2.05) is 41.3 Å². The van der Waals surface area contributed by atoms with Crippen LogP contribution < -0.4 is 0 Å². The van der Waals surface area contributed by atoms with E-state index in [4.69, 9.17) is 5.26 Å². The van der Waals surface area contributed by atoms with E-state index in [9.17, 15) is 9.50 Å². The molecule has 0 fully saturated rings. The number of hydrogen-bond donors (Lipinski definition) is 1. The summed E-state index contributed by atoms with van der Waals surface area (Å²) in [6, 6.07) is 16.5. The molecule has 21 heavy (non-hydrogen) atoms. The van der Waals surface area contributed by atoms with E-state index in [1.54, 1.807) is 12.1 Å². The van der Waals surface area contributed by atoms with Crippen molar-refractivity contribution in [2.75, 3.05) is 13.2 Å². The standard InChI is InChI=1S/C17H17FN2O/c18-17-15(11-19)7-4-8-16(17)13-20(9-10-21)12-14-5-2-1-3-6-14/h1-8,21H,9-10,12-13H2. The van der Waals surface area contributed by atoms with E-state index in [0.717, 1.165) is 5.56 Å². The molecule has 0 unspecified atom stereocenters. The van der Waals surface area contributed by atoms with Gasteiger partial charge in [0.15, 0.2) is 0 Å². The molecule has 0 amide bonds. The fourth-order valence-electron chi connectivity index (χ4n) is 2.23. The summed E-state index contributed by atoms with van der Waals surface area (Å²) in [7, 11) is 0. The molecule has 0 aliphatic rings. The Bertz CT molecular complexity index is 622. The van der Waals surface area contributed by atoms with E-state index >= 15 is 0 Å². The van der Waals surface area contributed by atoms with E-state index in [2.05, 4.69) is 0 Å². The number of rotatable bonds is 6. The van der Waals surface area contributed by atoms with Crippen molar-refractivity contribution in [3.05, 3.63) is 71.0 Å². The molecule has 1 N–H and O–H groups in total. The Labute approximate surface area is 123 Å². The van der Waals surface area contributed by atoms with Crippen LogP contribution in [0.15, 0.2) is 48.5 Å². The quantitative estimate of drug-likeness (QED) is 0.887. The molecular formula is C17H17FN2O. The van der Waals surface area contributed by atoms with Crippen molar-refractivity contribution in [2.24, 2.45) is 0 Å². The van der Waals surface area contributed by atoms with E-state index in [-0.39, 0.29) is 12.2 Å². The summed E-state index contributed by atoms with van der Waals surface area (Å²) in [5.41, 5.74) is 1.62. The van der Waals surface area contributed by atoms with E-state index in [1.165, 1.54) is 6.07 Å². The minimum Gasteiger partial charge on any atom is -0.395 e. The maximum absolute atomic E-state index is 14.1. The fraction of sp³-hybridized carbons (Fsp3) is 0.235. The van der Waals surface area contributed by atoms with Crippen LogP contribution in [0.3, 0.4) is 0 Å². The number of nitrogens with zero attached hydrogens (tertiary/aromatic N) is 2. The predicted molar refractivity (Wildman–Crippen MR) is 78.8 cm³/mol. The summed E-state index contributed by atoms with van der Waals surface area (Å²) >= 11 is 0. The smallest absolute Gasteiger partial charge is 0.145 e. The van der Waals surface area contributed by atoms with Crippen molar-refractivity contribution in [3.63, 3.8) is 0 Å². The zero-order valence-electron chi connectivity index (χ0n) is 11.7. The molecule has 0 bridgehead atoms. The van der Waals surface area contributed by atoms with Crippen LogP contribution >= 0.6 is 0 Å². The third kappa shape index (κ3) is 4.12. The Morgan fingerprint density at radius 2 is 1.81 bits per heavy atom. The highest BCUT2D eigenvalue weighted by Crippen LogP contribution is 2.16. The van der Waals surface area contributed by atoms with Gasteiger partial charge in [0.05, 0.1) is 12.2 Å². The van der Waals surface area contributed by atoms with Crippen LogP contribution in [0, 0.1) is 17.1 Å². The maximum atomic E-state index is 14.1. The van der Waals surface area contributed by atoms with Gasteiger partial charge in [-0.05, 0) is 11.6 Å². The Balaban J connectivity index is 2.15. The lowest BCUT2D eigenvalue weighted by molar-refractivity contribution is 0.183. The lowest BCUT2D eigenvalue weighted by atomic mass is 10.1. The lowest BCUT2D eigenvalue weighted by Crippen LogP contribution is -2.26. The second-order valence-corrected chi connectivity index (χ2v) is 4.81. The first-order valence-corrected chi connectivity index (χ1v) is 6.79. The van der Waals surface area contributed by atoms with Gasteiger partial charge in [0.1, 0.15) is 11.9 Å². The first kappa shape index (κ1) is 15.2. The van der Waals surface area contributed by atoms with Gasteiger partial charge in [0, 0.05) is 25.2 Å². The Hall–Kier alpha value is -2.22. The summed E-state index contributed by atoms with van der Waals surface area (Å²) in [5.74, 6) is -0.476. The van der Waals surface area contributed by atoms with Gasteiger partial charge in [-0.1, -0.05) is 42.5 Å². The monoisotopic (exact) mass is 284 g/mol. The highest BCUT2D eigenvalue weighted by Gasteiger charge is 2.12. The molecule has 0 aliphatic heterocycles. The molecule has 2 rings (SSSR count). The summed E-state index contributed by atoms with van der Waals surface area (Å²) < 4.78 is 14.1. The number of nitriles is 1. The van der Waals surface area contributed by atoms with Crippen LogP contribution in [-0.4, -0.2) is 23.2 Å². The highest BCUT2D eigenvalue weighted by molar-refractivity contribution is 5.35. The molecule has 0 heterocycles. The molecular weight excluding hydrogens is 267 g/mol. The van der Waals surface area contributed by atoms with Crippen molar-refractivity contribution in [1.82, 2.24) is 4.90 Å². The average molecular weight is 284 g/mol. The third-order valence-electron chi connectivity index (χ3n) is 3.26. The summed E-state index contributed by atoms with van der Waals surface area (Å²) in [6.07, 6.45) is 0. The largest absolute Gasteiger partial charge is 0.395 e. The van der Waals surface area contributed by atoms with Crippen molar-refractivity contribution in [3.8, 4) is 6.07 Å². The molecule has 108 valence electrons. The van der Waals surface area contributed by atoms with Gasteiger partial charge in [-0.2, -0.15) is 5.26 Å². The van der Waals surface area contributed by atoms with Gasteiger partial charge in [-0.15, -0.1) is 0 Å². The fourth-order valence-corrected chi connectivity index (χ4v) is 2.23. The zero-order valence-corrected chi connectivity index (χ0v) is 11.7. The Kier molecular flexibility index (Phi) is 5.44. The Morgan fingerprint density at radius 1 is 1.05 bits per heavy atom. The predicted octanol–water partition coefficient (Wildman–Crippen LogP) is 2.69. The van der Waals surface area contributed by atoms with Crippen molar-refractivity contribution >= 4 is 0 Å². The SMILES string of the molecule is N#Cc1cccc(CN(CCO)Cc2ccccc2)c1F. The topological polar surface area (TPSA) is 47.3 Å². The second kappa shape index (κ2) is 7.53. The molecule has 0 aromatic heterocycles. The number of aliphatic hydroxyl groups excluding tert-OH is 1. The van der Waals surface area contributed by atoms with Crippen LogP contribution in [-0.2, 0) is 13.1 Å². The summed E-state index contributed by atoms with van der Waals surface area (Å²) in [5, 5.41) is 18.0. The van der Waals surface area contributed by atoms with Crippen LogP contribution in [0.25, 0.3) is 0 Å². The number of benzene rings is 2. The molecule has 2 aromatic rings. The number of hydrogen-bond acceptors (Lipinski definition) is 3. The Morgan fingerprint density at radius 3 is 2.48 bits per heavy atom. The lowest BCUT2D eigenvalue weighted by Gasteiger charge is -2.22. The van der Waals surface area contributed by atoms with Gasteiger partial charge in [0.25, 0.3) is 0 Å². The van der Waals surface area contributed by atoms with Gasteiger partial charge in [0.2, 0.25) is 0 Å². The molecule has 2 aromatic carbocycles. The molecule has 0 atom stereocenters. The molecule has 0 saturated carbocycles. The molecule has 0 aliphatic carbocycles. The zero-order chi connectivity index (χ0) is 15.1. The van der Waals surface area contributed by atoms with Crippen molar-refractivity contribution < 1.29 is 9.50 Å². The van der Waals surface area contributed by atoms with Crippen LogP contribution in [0.4, 0.5) is 4.39 Å². The summed E-state index contributed by atoms with van der Waals surface area (Å²) in [6.45, 7) is 1.44. The van der Waals surface area contributed by atoms with Crippen LogP contribution in [0.1, 0.15) is 16.7 Å². The molecule has 0 radical (unpaired) electrons. The minimum atomic E-state index is -0.476. The second-order valence-electron chi connectivity index (χ2n) is 4.81. The van der Waals surface area contributed by atoms with E-state index < -0.39 is 5.82 Å². The molecule has 0 saturated heterocycles. The minimum absolute atomic E-state index is 0.00634. The van der Waals surface area contributed by atoms with Crippen LogP contribution in [0.2, 0.25) is 0 Å². The number of aliphatic hydroxyl groups is 1. The molecule has 0 spiro atoms. The van der Waals surface area contributed by atoms with Gasteiger partial charge < -0.3 is 5.11 Å². The normalized spacial score (nSPS) is 10.6. The summed E-state index contributed by atoms with van der Waals surface area (Å²) in [4.78, 5) is 1.95. The highest BCUT2D eigenvalue weighted by atomic mass is 19.1. The van der Waals surface area contributed by atoms with Crippen LogP contribution in [0.5, 0.6) is 0 Å². The van der Waals surface area contributed by atoms with Gasteiger partial charge in [-0.3, -0.25) is 4.90 Å². The van der Waals surface area contributed by atoms with E-state index in [0.29, 0.717) is 25.2 Å². The average Bonchev–Trinajstić information content (AvgIpc) is 2.50. The maximum Gasteiger partial charge on any atom is 0.145 e. The van der Waals surface area contributed by atoms with Gasteiger partial charge in [-0.25, -0.2) is 4.39 Å². The first-order chi connectivity index (χ1) is 10.2. The molecule has 3 nitrogen and oxygen atoms in total. The third-order valence-corrected chi connectivity index (χ3v) is 3.26. The van der Waals surface area contributed by atoms with Crippen molar-refractivity contribution in [1.29, 1.82) is 5.26 Å². The number of halogens is 1. The van der Waals surface area contributed by atoms with Crippen molar-refractivity contribution in [2.45, 2.75) is 13.1 Å². The molecule has 4 heteroatoms. The first-order valence-electron chi connectivity index (χ1n) is 6.79. The van der Waals surface area contributed by atoms with Gasteiger partial charge >= 0.3 is 0 Å².